The van der Waals surface area contributed by atoms with Crippen LogP contribution in [0.2, 0.25) is 0 Å². The van der Waals surface area contributed by atoms with E-state index in [-0.39, 0.29) is 11.6 Å². The number of ether oxygens (including phenoxy) is 2. The number of aromatic nitrogens is 4. The smallest absolute Gasteiger partial charge is 0.406 e. The Hall–Kier alpha value is -3.89. The van der Waals surface area contributed by atoms with Crippen LogP contribution in [-0.2, 0) is 0 Å². The van der Waals surface area contributed by atoms with Gasteiger partial charge in [0, 0.05) is 17.8 Å². The van der Waals surface area contributed by atoms with Crippen LogP contribution in [0.3, 0.4) is 0 Å². The molecule has 8 nitrogen and oxygen atoms in total. The molecular weight excluding hydrogens is 427 g/mol. The summed E-state index contributed by atoms with van der Waals surface area (Å²) in [6.07, 6.45) is 0.966. The molecule has 11 heteroatoms. The molecule has 1 N–H and O–H groups in total. The fraction of sp³-hybridized carbons (Fsp3) is 0.238. The maximum Gasteiger partial charge on any atom is 0.573 e. The number of halogens is 3. The first-order valence-electron chi connectivity index (χ1n) is 9.39. The first-order chi connectivity index (χ1) is 15.0. The minimum absolute atomic E-state index is 0.157. The number of alkyl halides is 3. The number of pyridine rings is 1. The number of nitrogens with zero attached hydrogens (tertiary/aromatic N) is 4. The average Bonchev–Trinajstić information content (AvgIpc) is 3.14. The summed E-state index contributed by atoms with van der Waals surface area (Å²) in [6, 6.07) is 8.51. The lowest BCUT2D eigenvalue weighted by molar-refractivity contribution is -0.274. The lowest BCUT2D eigenvalue weighted by atomic mass is 10.1. The van der Waals surface area contributed by atoms with Crippen molar-refractivity contribution in [2.45, 2.75) is 32.7 Å². The number of hydrogen-bond donors (Lipinski definition) is 1. The number of hydrogen-bond acceptors (Lipinski definition) is 6. The Labute approximate surface area is 181 Å². The molecule has 0 aliphatic rings. The van der Waals surface area contributed by atoms with E-state index in [2.05, 4.69) is 25.1 Å². The molecule has 0 saturated carbocycles. The van der Waals surface area contributed by atoms with Crippen LogP contribution in [0.1, 0.15) is 32.2 Å². The average molecular weight is 447 g/mol. The van der Waals surface area contributed by atoms with Crippen molar-refractivity contribution in [3.63, 3.8) is 0 Å². The van der Waals surface area contributed by atoms with Crippen molar-refractivity contribution in [1.82, 2.24) is 25.1 Å². The summed E-state index contributed by atoms with van der Waals surface area (Å²) in [7, 11) is 0. The van der Waals surface area contributed by atoms with Crippen molar-refractivity contribution in [3.05, 3.63) is 60.3 Å². The van der Waals surface area contributed by atoms with Crippen LogP contribution < -0.4 is 14.8 Å². The second-order valence-corrected chi connectivity index (χ2v) is 7.62. The summed E-state index contributed by atoms with van der Waals surface area (Å²) >= 11 is 0. The fourth-order valence-electron chi connectivity index (χ4n) is 2.43. The molecule has 3 rings (SSSR count). The van der Waals surface area contributed by atoms with Crippen molar-refractivity contribution >= 4 is 18.2 Å². The Morgan fingerprint density at radius 3 is 2.34 bits per heavy atom. The van der Waals surface area contributed by atoms with Gasteiger partial charge in [0.05, 0.1) is 5.69 Å². The second kappa shape index (κ2) is 9.08. The number of amides is 1. The van der Waals surface area contributed by atoms with Gasteiger partial charge in [-0.05, 0) is 68.8 Å². The third-order valence-electron chi connectivity index (χ3n) is 3.70. The van der Waals surface area contributed by atoms with Crippen LogP contribution in [0, 0.1) is 0 Å². The molecule has 0 spiro atoms. The molecule has 1 amide bonds. The van der Waals surface area contributed by atoms with Gasteiger partial charge in [0.2, 0.25) is 5.88 Å². The molecule has 3 aromatic rings. The van der Waals surface area contributed by atoms with Gasteiger partial charge in [-0.15, -0.1) is 18.3 Å². The van der Waals surface area contributed by atoms with Gasteiger partial charge >= 0.3 is 12.5 Å². The molecule has 0 aliphatic heterocycles. The second-order valence-electron chi connectivity index (χ2n) is 7.62. The van der Waals surface area contributed by atoms with Crippen LogP contribution in [0.25, 0.3) is 17.8 Å². The highest BCUT2D eigenvalue weighted by Gasteiger charge is 2.31. The summed E-state index contributed by atoms with van der Waals surface area (Å²) in [6.45, 7) is 5.51. The third-order valence-corrected chi connectivity index (χ3v) is 3.70. The van der Waals surface area contributed by atoms with Crippen molar-refractivity contribution in [2.24, 2.45) is 0 Å². The number of nitrogens with one attached hydrogen (secondary N) is 1. The van der Waals surface area contributed by atoms with E-state index in [9.17, 15) is 18.0 Å². The molecule has 0 radical (unpaired) electrons. The van der Waals surface area contributed by atoms with E-state index in [1.807, 2.05) is 20.8 Å². The van der Waals surface area contributed by atoms with E-state index < -0.39 is 18.0 Å². The van der Waals surface area contributed by atoms with Gasteiger partial charge in [-0.25, -0.2) is 19.4 Å². The lowest BCUT2D eigenvalue weighted by Gasteiger charge is -2.19. The molecule has 0 fully saturated rings. The van der Waals surface area contributed by atoms with Gasteiger partial charge < -0.3 is 14.8 Å². The Balaban J connectivity index is 1.60. The Bertz CT molecular complexity index is 1090. The highest BCUT2D eigenvalue weighted by molar-refractivity contribution is 5.71. The van der Waals surface area contributed by atoms with Crippen LogP contribution >= 0.6 is 0 Å². The highest BCUT2D eigenvalue weighted by Crippen LogP contribution is 2.23. The first kappa shape index (κ1) is 22.8. The molecule has 0 atom stereocenters. The first-order valence-corrected chi connectivity index (χ1v) is 9.39. The molecule has 0 saturated heterocycles. The molecule has 1 aromatic carbocycles. The largest absolute Gasteiger partial charge is 0.573 e. The predicted octanol–water partition coefficient (Wildman–Crippen LogP) is 4.62. The normalized spacial score (nSPS) is 12.1. The van der Waals surface area contributed by atoms with E-state index in [1.54, 1.807) is 24.3 Å². The third kappa shape index (κ3) is 7.11. The zero-order valence-electron chi connectivity index (χ0n) is 17.4. The molecule has 168 valence electrons. The van der Waals surface area contributed by atoms with Crippen LogP contribution in [0.5, 0.6) is 11.6 Å². The molecule has 32 heavy (non-hydrogen) atoms. The lowest BCUT2D eigenvalue weighted by Crippen LogP contribution is -2.42. The van der Waals surface area contributed by atoms with Gasteiger partial charge in [-0.1, -0.05) is 0 Å². The minimum atomic E-state index is -4.75. The van der Waals surface area contributed by atoms with Crippen molar-refractivity contribution in [2.75, 3.05) is 0 Å². The van der Waals surface area contributed by atoms with Crippen molar-refractivity contribution in [1.29, 1.82) is 0 Å². The number of rotatable bonds is 5. The van der Waals surface area contributed by atoms with Gasteiger partial charge in [0.15, 0.2) is 5.82 Å². The van der Waals surface area contributed by atoms with Gasteiger partial charge in [0.1, 0.15) is 12.1 Å². The van der Waals surface area contributed by atoms with E-state index in [0.29, 0.717) is 11.5 Å². The molecule has 0 unspecified atom stereocenters. The summed E-state index contributed by atoms with van der Waals surface area (Å²) in [4.78, 5) is 20.0. The minimum Gasteiger partial charge on any atom is -0.406 e. The summed E-state index contributed by atoms with van der Waals surface area (Å²) in [5, 5.41) is 6.92. The topological polar surface area (TPSA) is 91.2 Å². The summed E-state index contributed by atoms with van der Waals surface area (Å²) < 4.78 is 47.1. The van der Waals surface area contributed by atoms with E-state index >= 15 is 0 Å². The molecule has 2 aromatic heterocycles. The zero-order valence-corrected chi connectivity index (χ0v) is 17.4. The Morgan fingerprint density at radius 1 is 1.03 bits per heavy atom. The zero-order chi connectivity index (χ0) is 23.4. The number of carbonyl (C=O) groups is 1. The van der Waals surface area contributed by atoms with Crippen molar-refractivity contribution in [3.8, 4) is 17.3 Å². The maximum atomic E-state index is 12.2. The van der Waals surface area contributed by atoms with E-state index in [0.717, 1.165) is 5.56 Å². The fourth-order valence-corrected chi connectivity index (χ4v) is 2.43. The maximum absolute atomic E-state index is 12.2. The highest BCUT2D eigenvalue weighted by atomic mass is 19.4. The number of benzene rings is 1. The summed E-state index contributed by atoms with van der Waals surface area (Å²) in [5.74, 6) is 0.215. The van der Waals surface area contributed by atoms with Gasteiger partial charge in [-0.3, -0.25) is 0 Å². The van der Waals surface area contributed by atoms with E-state index in [1.165, 1.54) is 41.5 Å². The molecule has 2 heterocycles. The van der Waals surface area contributed by atoms with Crippen LogP contribution in [0.4, 0.5) is 18.0 Å². The molecule has 0 bridgehead atoms. The van der Waals surface area contributed by atoms with E-state index in [4.69, 9.17) is 4.74 Å². The standard InChI is InChI=1S/C21H20F3N5O3/c1-20(2,3)27-19(30)31-18-11-5-14(12-25-18)4-10-17-26-13-29(28-17)15-6-8-16(9-7-15)32-21(22,23)24/h4-13H,1-3H3,(H,27,30)/b10-4+. The van der Waals surface area contributed by atoms with Gasteiger partial charge in [-0.2, -0.15) is 0 Å². The number of carbonyl (C=O) groups excluding carboxylic acids is 1. The Morgan fingerprint density at radius 2 is 1.75 bits per heavy atom. The Kier molecular flexibility index (Phi) is 6.47. The monoisotopic (exact) mass is 447 g/mol. The quantitative estimate of drug-likeness (QED) is 0.614. The molecular formula is C21H20F3N5O3. The van der Waals surface area contributed by atoms with Crippen LogP contribution in [-0.4, -0.2) is 37.7 Å². The molecule has 0 aliphatic carbocycles. The SMILES string of the molecule is CC(C)(C)NC(=O)Oc1ccc(/C=C/c2ncn(-c3ccc(OC(F)(F)F)cc3)n2)cn1. The van der Waals surface area contributed by atoms with Crippen LogP contribution in [0.15, 0.2) is 48.9 Å². The van der Waals surface area contributed by atoms with Crippen molar-refractivity contribution < 1.29 is 27.4 Å². The summed E-state index contributed by atoms with van der Waals surface area (Å²) in [5.41, 5.74) is 0.816. The predicted molar refractivity (Wildman–Crippen MR) is 110 cm³/mol. The van der Waals surface area contributed by atoms with Gasteiger partial charge in [0.25, 0.3) is 0 Å².